The van der Waals surface area contributed by atoms with E-state index in [4.69, 9.17) is 9.47 Å². The van der Waals surface area contributed by atoms with E-state index < -0.39 is 11.6 Å². The minimum Gasteiger partial charge on any atom is -0.487 e. The van der Waals surface area contributed by atoms with E-state index in [1.165, 1.54) is 23.0 Å². The molecule has 2 aromatic heterocycles. The van der Waals surface area contributed by atoms with Crippen molar-refractivity contribution in [2.45, 2.75) is 20.1 Å². The van der Waals surface area contributed by atoms with Gasteiger partial charge in [0.1, 0.15) is 34.2 Å². The van der Waals surface area contributed by atoms with Gasteiger partial charge < -0.3 is 18.9 Å². The van der Waals surface area contributed by atoms with Crippen molar-refractivity contribution in [3.8, 4) is 5.75 Å². The number of morpholine rings is 1. The molecule has 1 aliphatic heterocycles. The Morgan fingerprint density at radius 1 is 1.18 bits per heavy atom. The van der Waals surface area contributed by atoms with Crippen LogP contribution in [0.4, 0.5) is 8.78 Å². The molecule has 8 nitrogen and oxygen atoms in total. The first-order chi connectivity index (χ1) is 16.3. The molecular weight excluding hydrogens is 514 g/mol. The van der Waals surface area contributed by atoms with Crippen molar-refractivity contribution >= 4 is 21.8 Å². The number of amides is 1. The molecule has 0 bridgehead atoms. The van der Waals surface area contributed by atoms with E-state index in [-0.39, 0.29) is 46.1 Å². The lowest BCUT2D eigenvalue weighted by Gasteiger charge is -2.26. The first-order valence-electron chi connectivity index (χ1n) is 10.5. The summed E-state index contributed by atoms with van der Waals surface area (Å²) in [4.78, 5) is 35.6. The molecule has 0 spiro atoms. The highest BCUT2D eigenvalue weighted by Crippen LogP contribution is 2.24. The number of aromatic nitrogens is 3. The summed E-state index contributed by atoms with van der Waals surface area (Å²) in [6.07, 6.45) is 2.87. The Bertz CT molecular complexity index is 1260. The Balaban J connectivity index is 1.47. The second-order valence-electron chi connectivity index (χ2n) is 7.68. The van der Waals surface area contributed by atoms with Crippen LogP contribution in [0.5, 0.6) is 5.75 Å². The van der Waals surface area contributed by atoms with Crippen molar-refractivity contribution in [2.75, 3.05) is 26.3 Å². The summed E-state index contributed by atoms with van der Waals surface area (Å²) in [7, 11) is 0. The minimum atomic E-state index is -0.727. The standard InChI is InChI=1S/C23H21BrF2N4O4/c1-14-8-20(34-13-15-2-3-16(25)9-18(15)26)21(24)23(32)30(14)12-17-10-28-19(11-27-17)22(31)29-4-6-33-7-5-29/h2-3,8-11H,4-7,12-13H2,1H3. The predicted molar refractivity (Wildman–Crippen MR) is 122 cm³/mol. The van der Waals surface area contributed by atoms with Gasteiger partial charge in [-0.3, -0.25) is 14.6 Å². The third kappa shape index (κ3) is 5.31. The molecule has 0 saturated carbocycles. The molecule has 1 amide bonds. The third-order valence-corrected chi connectivity index (χ3v) is 6.09. The van der Waals surface area contributed by atoms with E-state index >= 15 is 0 Å². The summed E-state index contributed by atoms with van der Waals surface area (Å²) in [6.45, 7) is 3.69. The van der Waals surface area contributed by atoms with Crippen molar-refractivity contribution in [2.24, 2.45) is 0 Å². The number of pyridine rings is 1. The number of carbonyl (C=O) groups excluding carboxylic acids is 1. The summed E-state index contributed by atoms with van der Waals surface area (Å²) >= 11 is 3.25. The Morgan fingerprint density at radius 2 is 1.94 bits per heavy atom. The van der Waals surface area contributed by atoms with Crippen LogP contribution in [0.15, 0.2) is 45.9 Å². The zero-order valence-electron chi connectivity index (χ0n) is 18.3. The maximum Gasteiger partial charge on any atom is 0.274 e. The second kappa shape index (κ2) is 10.4. The molecule has 0 aliphatic carbocycles. The third-order valence-electron chi connectivity index (χ3n) is 5.36. The molecule has 0 radical (unpaired) electrons. The zero-order valence-corrected chi connectivity index (χ0v) is 19.8. The smallest absolute Gasteiger partial charge is 0.274 e. The van der Waals surface area contributed by atoms with Crippen LogP contribution in [0.3, 0.4) is 0 Å². The molecule has 0 unspecified atom stereocenters. The van der Waals surface area contributed by atoms with E-state index in [0.29, 0.717) is 37.7 Å². The molecule has 1 saturated heterocycles. The molecule has 1 fully saturated rings. The van der Waals surface area contributed by atoms with Gasteiger partial charge in [0.25, 0.3) is 11.5 Å². The largest absolute Gasteiger partial charge is 0.487 e. The van der Waals surface area contributed by atoms with Crippen LogP contribution in [-0.2, 0) is 17.9 Å². The van der Waals surface area contributed by atoms with Gasteiger partial charge in [-0.1, -0.05) is 0 Å². The lowest BCUT2D eigenvalue weighted by molar-refractivity contribution is 0.0298. The summed E-state index contributed by atoms with van der Waals surface area (Å²) < 4.78 is 39.4. The lowest BCUT2D eigenvalue weighted by Crippen LogP contribution is -2.41. The summed E-state index contributed by atoms with van der Waals surface area (Å²) in [5.41, 5.74) is 1.10. The molecule has 178 valence electrons. The molecular formula is C23H21BrF2N4O4. The van der Waals surface area contributed by atoms with Gasteiger partial charge in [0.15, 0.2) is 0 Å². The number of aryl methyl sites for hydroxylation is 1. The minimum absolute atomic E-state index is 0.134. The number of carbonyl (C=O) groups is 1. The molecule has 3 aromatic rings. The normalized spacial score (nSPS) is 13.7. The lowest BCUT2D eigenvalue weighted by atomic mass is 10.2. The van der Waals surface area contributed by atoms with Crippen LogP contribution >= 0.6 is 15.9 Å². The molecule has 3 heterocycles. The monoisotopic (exact) mass is 534 g/mol. The van der Waals surface area contributed by atoms with Crippen LogP contribution in [0.2, 0.25) is 0 Å². The molecule has 1 aromatic carbocycles. The summed E-state index contributed by atoms with van der Waals surface area (Å²) in [6, 6.07) is 4.84. The van der Waals surface area contributed by atoms with E-state index in [1.807, 2.05) is 0 Å². The van der Waals surface area contributed by atoms with Gasteiger partial charge >= 0.3 is 0 Å². The van der Waals surface area contributed by atoms with E-state index in [2.05, 4.69) is 25.9 Å². The van der Waals surface area contributed by atoms with Crippen molar-refractivity contribution in [1.82, 2.24) is 19.4 Å². The highest BCUT2D eigenvalue weighted by Gasteiger charge is 2.20. The number of benzene rings is 1. The maximum absolute atomic E-state index is 13.9. The SMILES string of the molecule is Cc1cc(OCc2ccc(F)cc2F)c(Br)c(=O)n1Cc1cnc(C(=O)N2CCOCC2)cn1. The highest BCUT2D eigenvalue weighted by atomic mass is 79.9. The number of halogens is 3. The van der Waals surface area contributed by atoms with Crippen LogP contribution in [0.25, 0.3) is 0 Å². The highest BCUT2D eigenvalue weighted by molar-refractivity contribution is 9.10. The van der Waals surface area contributed by atoms with E-state index in [9.17, 15) is 18.4 Å². The Labute approximate surface area is 202 Å². The molecule has 0 atom stereocenters. The van der Waals surface area contributed by atoms with E-state index in [0.717, 1.165) is 12.1 Å². The van der Waals surface area contributed by atoms with Gasteiger partial charge in [0.05, 0.1) is 37.8 Å². The number of hydrogen-bond acceptors (Lipinski definition) is 6. The van der Waals surface area contributed by atoms with Crippen LogP contribution in [0, 0.1) is 18.6 Å². The van der Waals surface area contributed by atoms with Gasteiger partial charge in [-0.15, -0.1) is 0 Å². The van der Waals surface area contributed by atoms with Gasteiger partial charge in [-0.2, -0.15) is 0 Å². The predicted octanol–water partition coefficient (Wildman–Crippen LogP) is 3.09. The van der Waals surface area contributed by atoms with Crippen LogP contribution in [0.1, 0.15) is 27.4 Å². The molecule has 34 heavy (non-hydrogen) atoms. The van der Waals surface area contributed by atoms with Crippen molar-refractivity contribution in [3.63, 3.8) is 0 Å². The number of nitrogens with zero attached hydrogens (tertiary/aromatic N) is 4. The first-order valence-corrected chi connectivity index (χ1v) is 11.3. The summed E-state index contributed by atoms with van der Waals surface area (Å²) in [5, 5.41) is 0. The van der Waals surface area contributed by atoms with Gasteiger partial charge in [-0.25, -0.2) is 13.8 Å². The van der Waals surface area contributed by atoms with Crippen molar-refractivity contribution < 1.29 is 23.0 Å². The second-order valence-corrected chi connectivity index (χ2v) is 8.47. The average molecular weight is 535 g/mol. The number of rotatable bonds is 6. The average Bonchev–Trinajstić information content (AvgIpc) is 2.84. The van der Waals surface area contributed by atoms with Gasteiger partial charge in [0, 0.05) is 36.5 Å². The fourth-order valence-electron chi connectivity index (χ4n) is 3.45. The molecule has 4 rings (SSSR count). The summed E-state index contributed by atoms with van der Waals surface area (Å²) in [5.74, 6) is -1.38. The number of ether oxygens (including phenoxy) is 2. The van der Waals surface area contributed by atoms with Gasteiger partial charge in [-0.05, 0) is 35.0 Å². The fraction of sp³-hybridized carbons (Fsp3) is 0.304. The first kappa shape index (κ1) is 24.0. The van der Waals surface area contributed by atoms with Crippen LogP contribution < -0.4 is 10.3 Å². The van der Waals surface area contributed by atoms with Crippen molar-refractivity contribution in [3.05, 3.63) is 85.8 Å². The zero-order chi connectivity index (χ0) is 24.2. The quantitative estimate of drug-likeness (QED) is 0.483. The van der Waals surface area contributed by atoms with Crippen LogP contribution in [-0.4, -0.2) is 51.6 Å². The molecule has 1 aliphatic rings. The molecule has 11 heteroatoms. The Kier molecular flexibility index (Phi) is 7.32. The number of hydrogen-bond donors (Lipinski definition) is 0. The van der Waals surface area contributed by atoms with Crippen molar-refractivity contribution in [1.29, 1.82) is 0 Å². The van der Waals surface area contributed by atoms with Gasteiger partial charge in [0.2, 0.25) is 0 Å². The molecule has 0 N–H and O–H groups in total. The topological polar surface area (TPSA) is 86.6 Å². The Hall–Kier alpha value is -3.18. The van der Waals surface area contributed by atoms with E-state index in [1.54, 1.807) is 17.9 Å². The fourth-order valence-corrected chi connectivity index (χ4v) is 3.89. The Morgan fingerprint density at radius 3 is 2.62 bits per heavy atom. The maximum atomic E-state index is 13.9.